The smallest absolute Gasteiger partial charge is 0.270 e. The van der Waals surface area contributed by atoms with Gasteiger partial charge in [-0.05, 0) is 43.9 Å². The molecule has 1 aliphatic heterocycles. The molecule has 0 saturated heterocycles. The van der Waals surface area contributed by atoms with Gasteiger partial charge < -0.3 is 14.8 Å². The third-order valence-corrected chi connectivity index (χ3v) is 7.75. The van der Waals surface area contributed by atoms with E-state index < -0.39 is 15.9 Å². The number of hydrogen-bond acceptors (Lipinski definition) is 6. The Morgan fingerprint density at radius 3 is 2.37 bits per heavy atom. The number of carbonyl (C=O) groups is 1. The fourth-order valence-electron chi connectivity index (χ4n) is 3.49. The van der Waals surface area contributed by atoms with E-state index in [1.54, 1.807) is 38.1 Å². The predicted octanol–water partition coefficient (Wildman–Crippen LogP) is 3.97. The summed E-state index contributed by atoms with van der Waals surface area (Å²) in [6, 6.07) is 10.6. The third kappa shape index (κ3) is 3.63. The lowest BCUT2D eigenvalue weighted by molar-refractivity contribution is -0.112. The number of hydrogen-bond donors (Lipinski definition) is 1. The van der Waals surface area contributed by atoms with Crippen LogP contribution < -0.4 is 19.1 Å². The summed E-state index contributed by atoms with van der Waals surface area (Å²) in [7, 11) is -1.07. The first-order valence-electron chi connectivity index (χ1n) is 9.24. The van der Waals surface area contributed by atoms with Gasteiger partial charge in [0, 0.05) is 23.1 Å². The highest BCUT2D eigenvalue weighted by atomic mass is 32.2. The van der Waals surface area contributed by atoms with E-state index in [4.69, 9.17) is 9.47 Å². The van der Waals surface area contributed by atoms with Gasteiger partial charge in [-0.15, -0.1) is 11.8 Å². The number of nitrogens with zero attached hydrogens (tertiary/aromatic N) is 1. The summed E-state index contributed by atoms with van der Waals surface area (Å²) in [5.74, 6) is 0.200. The van der Waals surface area contributed by atoms with E-state index in [1.165, 1.54) is 30.3 Å². The quantitative estimate of drug-likeness (QED) is 0.673. The van der Waals surface area contributed by atoms with Crippen LogP contribution in [0.4, 0.5) is 11.4 Å². The van der Waals surface area contributed by atoms with Gasteiger partial charge in [0.2, 0.25) is 0 Å². The predicted molar refractivity (Wildman–Crippen MR) is 121 cm³/mol. The molecule has 1 N–H and O–H groups in total. The summed E-state index contributed by atoms with van der Waals surface area (Å²) in [4.78, 5) is 13.7. The highest BCUT2D eigenvalue weighted by Crippen LogP contribution is 2.45. The van der Waals surface area contributed by atoms with Crippen LogP contribution in [0.1, 0.15) is 19.4 Å². The summed E-state index contributed by atoms with van der Waals surface area (Å²) < 4.78 is 38.7. The molecule has 1 heterocycles. The van der Waals surface area contributed by atoms with Crippen molar-refractivity contribution in [2.45, 2.75) is 18.7 Å². The van der Waals surface area contributed by atoms with Crippen molar-refractivity contribution in [2.75, 3.05) is 36.6 Å². The second-order valence-electron chi connectivity index (χ2n) is 6.50. The van der Waals surface area contributed by atoms with E-state index >= 15 is 0 Å². The summed E-state index contributed by atoms with van der Waals surface area (Å²) >= 11 is 1.47. The van der Waals surface area contributed by atoms with Crippen LogP contribution in [0.25, 0.3) is 5.57 Å². The van der Waals surface area contributed by atoms with Gasteiger partial charge in [0.05, 0.1) is 25.6 Å². The highest BCUT2D eigenvalue weighted by molar-refractivity contribution is 7.98. The Hall–Kier alpha value is -2.65. The second kappa shape index (κ2) is 8.61. The maximum Gasteiger partial charge on any atom is 0.270 e. The molecule has 2 aromatic rings. The van der Waals surface area contributed by atoms with Crippen molar-refractivity contribution < 1.29 is 22.7 Å². The molecule has 0 spiro atoms. The minimum atomic E-state index is -4.06. The lowest BCUT2D eigenvalue weighted by Gasteiger charge is -2.32. The van der Waals surface area contributed by atoms with E-state index in [0.29, 0.717) is 34.0 Å². The normalized spacial score (nSPS) is 14.9. The van der Waals surface area contributed by atoms with Crippen molar-refractivity contribution in [3.8, 4) is 11.5 Å². The van der Waals surface area contributed by atoms with Crippen molar-refractivity contribution in [3.63, 3.8) is 0 Å². The van der Waals surface area contributed by atoms with E-state index in [0.717, 1.165) is 4.90 Å². The Morgan fingerprint density at radius 2 is 1.77 bits per heavy atom. The SMILES string of the molecule is CCN1c2cc(OC)c(OC)cc2C(C)=C(C(=O)Nc2ccccc2SC)S1(=O)=O. The van der Waals surface area contributed by atoms with E-state index in [-0.39, 0.29) is 11.4 Å². The molecule has 2 aromatic carbocycles. The number of thioether (sulfide) groups is 1. The van der Waals surface area contributed by atoms with Gasteiger partial charge >= 0.3 is 0 Å². The molecule has 0 saturated carbocycles. The Balaban J connectivity index is 2.19. The topological polar surface area (TPSA) is 84.9 Å². The number of anilines is 2. The third-order valence-electron chi connectivity index (χ3n) is 4.91. The van der Waals surface area contributed by atoms with E-state index in [2.05, 4.69) is 5.32 Å². The molecule has 0 unspecified atom stereocenters. The molecular formula is C21H24N2O5S2. The Kier molecular flexibility index (Phi) is 6.33. The zero-order chi connectivity index (χ0) is 22.1. The van der Waals surface area contributed by atoms with E-state index in [1.807, 2.05) is 18.4 Å². The standard InChI is InChI=1S/C21H24N2O5S2/c1-6-23-16-12-18(28-4)17(27-3)11-14(16)13(2)20(30(23,25)26)21(24)22-15-9-7-8-10-19(15)29-5/h7-12H,6H2,1-5H3,(H,22,24). The monoisotopic (exact) mass is 448 g/mol. The van der Waals surface area contributed by atoms with Gasteiger partial charge in [0.25, 0.3) is 15.9 Å². The molecule has 7 nitrogen and oxygen atoms in total. The average Bonchev–Trinajstić information content (AvgIpc) is 2.73. The highest BCUT2D eigenvalue weighted by Gasteiger charge is 2.39. The Morgan fingerprint density at radius 1 is 1.13 bits per heavy atom. The van der Waals surface area contributed by atoms with Crippen LogP contribution in [0, 0.1) is 0 Å². The maximum atomic E-state index is 13.4. The molecule has 3 rings (SSSR count). The number of ether oxygens (including phenoxy) is 2. The number of amides is 1. The number of rotatable bonds is 6. The molecule has 0 aliphatic carbocycles. The van der Waals surface area contributed by atoms with Crippen LogP contribution in [-0.2, 0) is 14.8 Å². The Bertz CT molecular complexity index is 1130. The van der Waals surface area contributed by atoms with Crippen molar-refractivity contribution in [2.24, 2.45) is 0 Å². The minimum Gasteiger partial charge on any atom is -0.493 e. The van der Waals surface area contributed by atoms with E-state index in [9.17, 15) is 13.2 Å². The zero-order valence-corrected chi connectivity index (χ0v) is 19.1. The second-order valence-corrected chi connectivity index (χ2v) is 9.15. The molecule has 0 radical (unpaired) electrons. The number of benzene rings is 2. The number of allylic oxidation sites excluding steroid dienone is 1. The van der Waals surface area contributed by atoms with Gasteiger partial charge in [-0.1, -0.05) is 12.1 Å². The van der Waals surface area contributed by atoms with Crippen LogP contribution in [0.15, 0.2) is 46.2 Å². The van der Waals surface area contributed by atoms with Crippen LogP contribution in [0.2, 0.25) is 0 Å². The lowest BCUT2D eigenvalue weighted by atomic mass is 10.0. The molecule has 1 aliphatic rings. The number of carbonyl (C=O) groups excluding carboxylic acids is 1. The van der Waals surface area contributed by atoms with Gasteiger partial charge in [-0.2, -0.15) is 0 Å². The summed E-state index contributed by atoms with van der Waals surface area (Å²) in [5, 5.41) is 2.76. The minimum absolute atomic E-state index is 0.163. The average molecular weight is 449 g/mol. The van der Waals surface area contributed by atoms with Crippen LogP contribution in [0.5, 0.6) is 11.5 Å². The summed E-state index contributed by atoms with van der Waals surface area (Å²) in [5.41, 5.74) is 1.97. The van der Waals surface area contributed by atoms with Crippen molar-refractivity contribution >= 4 is 44.6 Å². The molecule has 0 bridgehead atoms. The summed E-state index contributed by atoms with van der Waals surface area (Å²) in [6.07, 6.45) is 1.89. The van der Waals surface area contributed by atoms with Crippen molar-refractivity contribution in [3.05, 3.63) is 46.9 Å². The molecule has 1 amide bonds. The maximum absolute atomic E-state index is 13.4. The lowest BCUT2D eigenvalue weighted by Crippen LogP contribution is -2.39. The van der Waals surface area contributed by atoms with Gasteiger partial charge in [-0.25, -0.2) is 8.42 Å². The first-order valence-corrected chi connectivity index (χ1v) is 11.9. The first kappa shape index (κ1) is 22.0. The molecule has 0 atom stereocenters. The van der Waals surface area contributed by atoms with Crippen LogP contribution >= 0.6 is 11.8 Å². The fourth-order valence-corrected chi connectivity index (χ4v) is 5.79. The fraction of sp³-hybridized carbons (Fsp3) is 0.286. The molecule has 0 fully saturated rings. The number of para-hydroxylation sites is 1. The molecule has 30 heavy (non-hydrogen) atoms. The Labute approximate surface area is 181 Å². The first-order chi connectivity index (χ1) is 14.3. The zero-order valence-electron chi connectivity index (χ0n) is 17.5. The van der Waals surface area contributed by atoms with Gasteiger partial charge in [0.15, 0.2) is 16.4 Å². The molecule has 9 heteroatoms. The number of nitrogens with one attached hydrogen (secondary N) is 1. The molecule has 160 valence electrons. The molecule has 0 aromatic heterocycles. The summed E-state index contributed by atoms with van der Waals surface area (Å²) in [6.45, 7) is 3.51. The van der Waals surface area contributed by atoms with Crippen molar-refractivity contribution in [1.29, 1.82) is 0 Å². The number of methoxy groups -OCH3 is 2. The number of fused-ring (bicyclic) bond motifs is 1. The van der Waals surface area contributed by atoms with Gasteiger partial charge in [0.1, 0.15) is 0 Å². The largest absolute Gasteiger partial charge is 0.493 e. The molecular weight excluding hydrogens is 424 g/mol. The number of sulfonamides is 1. The van der Waals surface area contributed by atoms with Crippen molar-refractivity contribution in [1.82, 2.24) is 0 Å². The van der Waals surface area contributed by atoms with Crippen LogP contribution in [0.3, 0.4) is 0 Å². The van der Waals surface area contributed by atoms with Crippen LogP contribution in [-0.4, -0.2) is 41.3 Å². The van der Waals surface area contributed by atoms with Gasteiger partial charge in [-0.3, -0.25) is 9.10 Å².